The van der Waals surface area contributed by atoms with Crippen molar-refractivity contribution in [3.05, 3.63) is 48.0 Å². The van der Waals surface area contributed by atoms with Gasteiger partial charge in [0.15, 0.2) is 5.69 Å². The average Bonchev–Trinajstić information content (AvgIpc) is 3.50. The molecule has 1 saturated heterocycles. The minimum atomic E-state index is -2.74. The van der Waals surface area contributed by atoms with E-state index >= 15 is 0 Å². The topological polar surface area (TPSA) is 121 Å². The van der Waals surface area contributed by atoms with Crippen molar-refractivity contribution < 1.29 is 13.6 Å². The van der Waals surface area contributed by atoms with Crippen LogP contribution in [-0.2, 0) is 0 Å². The van der Waals surface area contributed by atoms with Crippen LogP contribution in [-0.4, -0.2) is 53.4 Å². The average molecular weight is 427 g/mol. The van der Waals surface area contributed by atoms with Crippen molar-refractivity contribution >= 4 is 11.4 Å². The van der Waals surface area contributed by atoms with Gasteiger partial charge in [0.25, 0.3) is 6.43 Å². The number of nitrogens with zero attached hydrogens (tertiary/aromatic N) is 7. The van der Waals surface area contributed by atoms with Crippen molar-refractivity contribution in [1.82, 2.24) is 39.7 Å². The maximum atomic E-state index is 13.7. The second-order valence-corrected chi connectivity index (χ2v) is 7.37. The molecule has 0 aliphatic carbocycles. The van der Waals surface area contributed by atoms with Crippen LogP contribution in [0, 0.1) is 0 Å². The highest BCUT2D eigenvalue weighted by Gasteiger charge is 2.25. The molecule has 0 unspecified atom stereocenters. The van der Waals surface area contributed by atoms with Gasteiger partial charge in [-0.15, -0.1) is 5.10 Å². The van der Waals surface area contributed by atoms with E-state index in [9.17, 15) is 13.6 Å². The van der Waals surface area contributed by atoms with Gasteiger partial charge < -0.3 is 11.1 Å². The Kier molecular flexibility index (Phi) is 4.70. The molecule has 0 atom stereocenters. The number of hydrogen-bond donors (Lipinski definition) is 2. The highest BCUT2D eigenvalue weighted by Crippen LogP contribution is 2.29. The minimum absolute atomic E-state index is 0.0636. The van der Waals surface area contributed by atoms with Crippen LogP contribution >= 0.6 is 0 Å². The van der Waals surface area contributed by atoms with Crippen molar-refractivity contribution in [2.45, 2.75) is 25.3 Å². The summed E-state index contributed by atoms with van der Waals surface area (Å²) in [7, 11) is 0. The number of amides is 1. The van der Waals surface area contributed by atoms with Crippen LogP contribution in [0.4, 0.5) is 8.78 Å². The molecule has 1 aliphatic heterocycles. The van der Waals surface area contributed by atoms with E-state index in [4.69, 9.17) is 5.73 Å². The summed E-state index contributed by atoms with van der Waals surface area (Å²) < 4.78 is 31.9. The number of carbonyl (C=O) groups is 1. The molecule has 0 spiro atoms. The summed E-state index contributed by atoms with van der Waals surface area (Å²) in [6.07, 6.45) is 3.42. The van der Waals surface area contributed by atoms with E-state index in [1.807, 2.05) is 0 Å². The molecule has 1 aliphatic rings. The number of rotatable bonds is 5. The van der Waals surface area contributed by atoms with Gasteiger partial charge in [-0.2, -0.15) is 10.2 Å². The lowest BCUT2D eigenvalue weighted by atomic mass is 10.1. The fourth-order valence-corrected chi connectivity index (χ4v) is 3.81. The molecule has 31 heavy (non-hydrogen) atoms. The minimum Gasteiger partial charge on any atom is -0.366 e. The van der Waals surface area contributed by atoms with Crippen molar-refractivity contribution in [3.8, 4) is 17.1 Å². The Labute approximate surface area is 174 Å². The van der Waals surface area contributed by atoms with E-state index in [0.717, 1.165) is 25.9 Å². The predicted octanol–water partition coefficient (Wildman–Crippen LogP) is 1.74. The normalized spacial score (nSPS) is 15.2. The van der Waals surface area contributed by atoms with Crippen molar-refractivity contribution in [3.63, 3.8) is 0 Å². The summed E-state index contributed by atoms with van der Waals surface area (Å²) in [4.78, 5) is 11.4. The predicted molar refractivity (Wildman–Crippen MR) is 106 cm³/mol. The number of aromatic nitrogens is 7. The quantitative estimate of drug-likeness (QED) is 0.501. The highest BCUT2D eigenvalue weighted by molar-refractivity contribution is 5.93. The number of alkyl halides is 2. The van der Waals surface area contributed by atoms with Gasteiger partial charge in [-0.1, -0.05) is 5.21 Å². The smallest absolute Gasteiger partial charge is 0.284 e. The number of piperidine rings is 1. The third-order valence-corrected chi connectivity index (χ3v) is 5.42. The molecule has 12 heteroatoms. The molecule has 0 bridgehead atoms. The molecule has 0 radical (unpaired) electrons. The van der Waals surface area contributed by atoms with Gasteiger partial charge in [0, 0.05) is 0 Å². The number of nitrogens with one attached hydrogen (secondary N) is 1. The van der Waals surface area contributed by atoms with Crippen molar-refractivity contribution in [2.24, 2.45) is 5.73 Å². The Hall–Kier alpha value is -3.67. The van der Waals surface area contributed by atoms with Gasteiger partial charge >= 0.3 is 0 Å². The zero-order chi connectivity index (χ0) is 21.5. The van der Waals surface area contributed by atoms with Crippen LogP contribution in [0.15, 0.2) is 36.8 Å². The summed E-state index contributed by atoms with van der Waals surface area (Å²) in [5.74, 6) is -0.575. The van der Waals surface area contributed by atoms with E-state index in [1.165, 1.54) is 10.9 Å². The van der Waals surface area contributed by atoms with Crippen LogP contribution in [0.3, 0.4) is 0 Å². The standard InChI is InChI=1S/C19H19F2N9O/c20-18(21)17-16(10-28(26-17)12-3-5-23-6-4-12)29-9-14(25-27-29)15-2-1-13-7-11(19(22)31)8-24-30(13)15/h1-2,7-10,12,18,23H,3-6H2,(H2,22,31). The number of hydrogen-bond acceptors (Lipinski definition) is 6. The number of halogens is 2. The van der Waals surface area contributed by atoms with Crippen molar-refractivity contribution in [1.29, 1.82) is 0 Å². The Morgan fingerprint density at radius 1 is 1.23 bits per heavy atom. The Morgan fingerprint density at radius 3 is 2.77 bits per heavy atom. The molecule has 1 fully saturated rings. The van der Waals surface area contributed by atoms with E-state index in [2.05, 4.69) is 25.8 Å². The van der Waals surface area contributed by atoms with Gasteiger partial charge in [-0.25, -0.2) is 18.0 Å². The lowest BCUT2D eigenvalue weighted by Gasteiger charge is -2.22. The third kappa shape index (κ3) is 3.44. The monoisotopic (exact) mass is 427 g/mol. The van der Waals surface area contributed by atoms with Gasteiger partial charge in [0.1, 0.15) is 11.4 Å². The maximum absolute atomic E-state index is 13.7. The van der Waals surface area contributed by atoms with E-state index in [1.54, 1.807) is 39.8 Å². The number of primary amides is 1. The summed E-state index contributed by atoms with van der Waals surface area (Å²) >= 11 is 0. The van der Waals surface area contributed by atoms with Gasteiger partial charge in [0.05, 0.1) is 41.4 Å². The van der Waals surface area contributed by atoms with Gasteiger partial charge in [-0.05, 0) is 44.1 Å². The van der Waals surface area contributed by atoms with Crippen LogP contribution in [0.5, 0.6) is 0 Å². The van der Waals surface area contributed by atoms with Crippen LogP contribution in [0.1, 0.15) is 41.4 Å². The Bertz CT molecular complexity index is 1250. The summed E-state index contributed by atoms with van der Waals surface area (Å²) in [5.41, 5.74) is 7.12. The van der Waals surface area contributed by atoms with Crippen LogP contribution in [0.25, 0.3) is 22.6 Å². The third-order valence-electron chi connectivity index (χ3n) is 5.42. The Morgan fingerprint density at radius 2 is 2.03 bits per heavy atom. The second-order valence-electron chi connectivity index (χ2n) is 7.37. The molecular formula is C19H19F2N9O. The highest BCUT2D eigenvalue weighted by atomic mass is 19.3. The first-order valence-corrected chi connectivity index (χ1v) is 9.80. The zero-order valence-electron chi connectivity index (χ0n) is 16.3. The molecule has 5 heterocycles. The second kappa shape index (κ2) is 7.54. The number of nitrogens with two attached hydrogens (primary N) is 1. The molecule has 3 N–H and O–H groups in total. The maximum Gasteiger partial charge on any atom is 0.284 e. The van der Waals surface area contributed by atoms with Crippen LogP contribution in [0.2, 0.25) is 0 Å². The van der Waals surface area contributed by atoms with E-state index in [0.29, 0.717) is 16.9 Å². The molecule has 160 valence electrons. The summed E-state index contributed by atoms with van der Waals surface area (Å²) in [6, 6.07) is 5.19. The van der Waals surface area contributed by atoms with E-state index < -0.39 is 12.3 Å². The molecule has 1 amide bonds. The molecule has 10 nitrogen and oxygen atoms in total. The fraction of sp³-hybridized carbons (Fsp3) is 0.316. The SMILES string of the molecule is NC(=O)c1cnn2c(-c3cn(-c4cn(C5CCNCC5)nc4C(F)F)nn3)ccc2c1. The summed E-state index contributed by atoms with van der Waals surface area (Å²) in [6.45, 7) is 1.65. The molecule has 5 rings (SSSR count). The summed E-state index contributed by atoms with van der Waals surface area (Å²) in [5, 5.41) is 19.8. The van der Waals surface area contributed by atoms with Gasteiger partial charge in [-0.3, -0.25) is 9.48 Å². The first-order chi connectivity index (χ1) is 15.0. The number of carbonyl (C=O) groups excluding carboxylic acids is 1. The Balaban J connectivity index is 1.51. The van der Waals surface area contributed by atoms with Crippen molar-refractivity contribution in [2.75, 3.05) is 13.1 Å². The molecular weight excluding hydrogens is 408 g/mol. The first-order valence-electron chi connectivity index (χ1n) is 9.80. The molecule has 0 aromatic carbocycles. The number of fused-ring (bicyclic) bond motifs is 1. The van der Waals surface area contributed by atoms with Gasteiger partial charge in [0.2, 0.25) is 5.91 Å². The van der Waals surface area contributed by atoms with Crippen LogP contribution < -0.4 is 11.1 Å². The first kappa shape index (κ1) is 19.3. The fourth-order valence-electron chi connectivity index (χ4n) is 3.81. The lowest BCUT2D eigenvalue weighted by Crippen LogP contribution is -2.29. The largest absolute Gasteiger partial charge is 0.366 e. The zero-order valence-corrected chi connectivity index (χ0v) is 16.3. The molecule has 4 aromatic rings. The lowest BCUT2D eigenvalue weighted by molar-refractivity contribution is 0.0999. The molecule has 4 aromatic heterocycles. The van der Waals surface area contributed by atoms with E-state index in [-0.39, 0.29) is 23.0 Å². The molecule has 0 saturated carbocycles.